The molecule has 0 aliphatic carbocycles. The molecule has 3 aliphatic rings. The van der Waals surface area contributed by atoms with E-state index in [0.717, 1.165) is 44.2 Å². The van der Waals surface area contributed by atoms with Gasteiger partial charge in [-0.3, -0.25) is 14.6 Å². The highest BCUT2D eigenvalue weighted by Gasteiger charge is 2.34. The first kappa shape index (κ1) is 12.8. The molecule has 0 saturated carbocycles. The molecule has 1 aromatic heterocycles. The maximum Gasteiger partial charge on any atom is 0.251 e. The van der Waals surface area contributed by atoms with Crippen molar-refractivity contribution in [3.8, 4) is 0 Å². The Morgan fingerprint density at radius 2 is 1.95 bits per heavy atom. The Bertz CT molecular complexity index is 523. The van der Waals surface area contributed by atoms with Crippen LogP contribution in [0.15, 0.2) is 10.9 Å². The van der Waals surface area contributed by atoms with Crippen LogP contribution in [0.3, 0.4) is 0 Å². The molecule has 1 N–H and O–H groups in total. The highest BCUT2D eigenvalue weighted by atomic mass is 16.1. The number of fused-ring (bicyclic) bond motifs is 3. The van der Waals surface area contributed by atoms with Crippen molar-refractivity contribution in [1.82, 2.24) is 19.8 Å². The Morgan fingerprint density at radius 3 is 2.47 bits per heavy atom. The first-order chi connectivity index (χ1) is 8.93. The van der Waals surface area contributed by atoms with Crippen LogP contribution < -0.4 is 5.56 Å². The van der Waals surface area contributed by atoms with Gasteiger partial charge in [0.15, 0.2) is 0 Å². The quantitative estimate of drug-likeness (QED) is 0.811. The molecule has 104 valence electrons. The van der Waals surface area contributed by atoms with Gasteiger partial charge in [0.05, 0.1) is 11.7 Å². The third-order valence-corrected chi connectivity index (χ3v) is 4.12. The summed E-state index contributed by atoms with van der Waals surface area (Å²) in [5.41, 5.74) is 0.753. The average molecular weight is 262 g/mol. The molecule has 1 aromatic rings. The largest absolute Gasteiger partial charge is 0.309 e. The van der Waals surface area contributed by atoms with E-state index in [1.54, 1.807) is 6.07 Å². The maximum absolute atomic E-state index is 11.9. The number of aromatic amines is 1. The first-order valence-electron chi connectivity index (χ1n) is 7.01. The fourth-order valence-corrected chi connectivity index (χ4v) is 2.90. The number of hydrogen-bond acceptors (Lipinski definition) is 4. The molecule has 5 heteroatoms. The van der Waals surface area contributed by atoms with Crippen molar-refractivity contribution < 1.29 is 0 Å². The third-order valence-electron chi connectivity index (χ3n) is 4.12. The topological polar surface area (TPSA) is 52.2 Å². The second-order valence-electron chi connectivity index (χ2n) is 6.62. The van der Waals surface area contributed by atoms with Crippen molar-refractivity contribution in [2.24, 2.45) is 0 Å². The smallest absolute Gasteiger partial charge is 0.251 e. The van der Waals surface area contributed by atoms with Gasteiger partial charge >= 0.3 is 0 Å². The Hall–Kier alpha value is -1.20. The standard InChI is InChI=1S/C14H22N4O/c1-14(2,3)11-8-12(19)16-13(15-11)10-9-17-4-6-18(10)7-5-17/h8,10H,4-7,9H2,1-3H3,(H,15,16,19). The summed E-state index contributed by atoms with van der Waals surface area (Å²) in [6.45, 7) is 11.7. The summed E-state index contributed by atoms with van der Waals surface area (Å²) in [5.74, 6) is 0.835. The molecule has 3 saturated heterocycles. The van der Waals surface area contributed by atoms with Crippen LogP contribution in [0.2, 0.25) is 0 Å². The lowest BCUT2D eigenvalue weighted by molar-refractivity contribution is 0.00839. The fourth-order valence-electron chi connectivity index (χ4n) is 2.90. The van der Waals surface area contributed by atoms with Gasteiger partial charge in [-0.25, -0.2) is 4.98 Å². The summed E-state index contributed by atoms with van der Waals surface area (Å²) in [4.78, 5) is 24.4. The Morgan fingerprint density at radius 1 is 1.26 bits per heavy atom. The summed E-state index contributed by atoms with van der Waals surface area (Å²) in [6, 6.07) is 1.87. The van der Waals surface area contributed by atoms with Gasteiger partial charge < -0.3 is 4.98 Å². The summed E-state index contributed by atoms with van der Waals surface area (Å²) < 4.78 is 0. The monoisotopic (exact) mass is 262 g/mol. The molecular formula is C14H22N4O. The van der Waals surface area contributed by atoms with Gasteiger partial charge in [-0.15, -0.1) is 0 Å². The minimum Gasteiger partial charge on any atom is -0.309 e. The van der Waals surface area contributed by atoms with Crippen molar-refractivity contribution >= 4 is 0 Å². The van der Waals surface area contributed by atoms with Crippen LogP contribution in [0.5, 0.6) is 0 Å². The van der Waals surface area contributed by atoms with E-state index < -0.39 is 0 Å². The lowest BCUT2D eigenvalue weighted by atomic mass is 9.92. The summed E-state index contributed by atoms with van der Waals surface area (Å²) in [5, 5.41) is 0. The number of hydrogen-bond donors (Lipinski definition) is 1. The highest BCUT2D eigenvalue weighted by molar-refractivity contribution is 5.15. The molecular weight excluding hydrogens is 240 g/mol. The van der Waals surface area contributed by atoms with Crippen LogP contribution in [0.25, 0.3) is 0 Å². The van der Waals surface area contributed by atoms with E-state index in [1.807, 2.05) is 0 Å². The van der Waals surface area contributed by atoms with Gasteiger partial charge in [0.2, 0.25) is 0 Å². The Labute approximate surface area is 113 Å². The maximum atomic E-state index is 11.9. The Balaban J connectivity index is 1.97. The van der Waals surface area contributed by atoms with Gasteiger partial charge in [0.1, 0.15) is 5.82 Å². The molecule has 3 fully saturated rings. The SMILES string of the molecule is CC(C)(C)c1cc(=O)[nH]c(C2CN3CCN2CC3)n1. The van der Waals surface area contributed by atoms with Crippen LogP contribution in [0, 0.1) is 0 Å². The number of nitrogens with zero attached hydrogens (tertiary/aromatic N) is 3. The first-order valence-corrected chi connectivity index (χ1v) is 7.01. The summed E-state index contributed by atoms with van der Waals surface area (Å²) in [7, 11) is 0. The van der Waals surface area contributed by atoms with E-state index in [2.05, 4.69) is 35.6 Å². The van der Waals surface area contributed by atoms with E-state index in [-0.39, 0.29) is 17.0 Å². The normalized spacial score (nSPS) is 30.6. The molecule has 0 amide bonds. The average Bonchev–Trinajstić information content (AvgIpc) is 2.38. The molecule has 0 radical (unpaired) electrons. The molecule has 5 nitrogen and oxygen atoms in total. The van der Waals surface area contributed by atoms with Crippen LogP contribution in [-0.2, 0) is 5.41 Å². The van der Waals surface area contributed by atoms with Gasteiger partial charge in [0.25, 0.3) is 5.56 Å². The number of rotatable bonds is 1. The fraction of sp³-hybridized carbons (Fsp3) is 0.714. The van der Waals surface area contributed by atoms with Crippen LogP contribution in [-0.4, -0.2) is 52.5 Å². The van der Waals surface area contributed by atoms with Crippen molar-refractivity contribution in [3.05, 3.63) is 27.9 Å². The lowest BCUT2D eigenvalue weighted by Gasteiger charge is -2.46. The van der Waals surface area contributed by atoms with E-state index in [4.69, 9.17) is 4.98 Å². The molecule has 0 aromatic carbocycles. The summed E-state index contributed by atoms with van der Waals surface area (Å²) >= 11 is 0. The molecule has 3 aliphatic heterocycles. The minimum absolute atomic E-state index is 0.0347. The number of piperazine rings is 3. The second-order valence-corrected chi connectivity index (χ2v) is 6.62. The zero-order valence-corrected chi connectivity index (χ0v) is 11.9. The molecule has 1 atom stereocenters. The number of nitrogens with one attached hydrogen (secondary N) is 1. The van der Waals surface area contributed by atoms with Gasteiger partial charge in [-0.05, 0) is 0 Å². The van der Waals surface area contributed by atoms with E-state index in [9.17, 15) is 4.79 Å². The van der Waals surface area contributed by atoms with E-state index in [0.29, 0.717) is 0 Å². The molecule has 19 heavy (non-hydrogen) atoms. The predicted molar refractivity (Wildman–Crippen MR) is 74.3 cm³/mol. The number of aromatic nitrogens is 2. The lowest BCUT2D eigenvalue weighted by Crippen LogP contribution is -2.57. The minimum atomic E-state index is -0.0910. The molecule has 1 unspecified atom stereocenters. The van der Waals surface area contributed by atoms with Crippen LogP contribution in [0.4, 0.5) is 0 Å². The summed E-state index contributed by atoms with van der Waals surface area (Å²) in [6.07, 6.45) is 0. The third kappa shape index (κ3) is 2.44. The van der Waals surface area contributed by atoms with Gasteiger partial charge in [-0.2, -0.15) is 0 Å². The Kier molecular flexibility index (Phi) is 2.98. The van der Waals surface area contributed by atoms with Crippen molar-refractivity contribution in [2.75, 3.05) is 32.7 Å². The van der Waals surface area contributed by atoms with E-state index in [1.165, 1.54) is 0 Å². The van der Waals surface area contributed by atoms with Crippen molar-refractivity contribution in [1.29, 1.82) is 0 Å². The zero-order chi connectivity index (χ0) is 13.6. The van der Waals surface area contributed by atoms with Crippen LogP contribution >= 0.6 is 0 Å². The van der Waals surface area contributed by atoms with Gasteiger partial charge in [-0.1, -0.05) is 20.8 Å². The molecule has 4 heterocycles. The number of H-pyrrole nitrogens is 1. The van der Waals surface area contributed by atoms with E-state index >= 15 is 0 Å². The highest BCUT2D eigenvalue weighted by Crippen LogP contribution is 2.27. The molecule has 0 spiro atoms. The molecule has 2 bridgehead atoms. The van der Waals surface area contributed by atoms with Crippen LogP contribution in [0.1, 0.15) is 38.3 Å². The predicted octanol–water partition coefficient (Wildman–Crippen LogP) is 0.740. The zero-order valence-electron chi connectivity index (χ0n) is 11.9. The van der Waals surface area contributed by atoms with Crippen molar-refractivity contribution in [3.63, 3.8) is 0 Å². The second kappa shape index (κ2) is 4.42. The van der Waals surface area contributed by atoms with Crippen molar-refractivity contribution in [2.45, 2.75) is 32.2 Å². The van der Waals surface area contributed by atoms with Gasteiger partial charge in [0, 0.05) is 44.2 Å². The molecule has 4 rings (SSSR count).